The number of carbonyl (C=O) groups is 1. The first kappa shape index (κ1) is 15.9. The Labute approximate surface area is 98.6 Å². The lowest BCUT2D eigenvalue weighted by Gasteiger charge is -2.15. The Kier molecular flexibility index (Phi) is 6.74. The number of aliphatic imine (C=N–C) groups is 1. The highest BCUT2D eigenvalue weighted by Gasteiger charge is 2.19. The molecule has 9 nitrogen and oxygen atoms in total. The van der Waals surface area contributed by atoms with Crippen molar-refractivity contribution in [3.05, 3.63) is 0 Å². The van der Waals surface area contributed by atoms with Gasteiger partial charge in [0, 0.05) is 6.54 Å². The summed E-state index contributed by atoms with van der Waals surface area (Å²) in [5, 5.41) is 2.40. The highest BCUT2D eigenvalue weighted by molar-refractivity contribution is 7.51. The molecule has 0 spiro atoms. The molecule has 0 aromatic rings. The van der Waals surface area contributed by atoms with Crippen LogP contribution in [0.4, 0.5) is 0 Å². The molecule has 17 heavy (non-hydrogen) atoms. The lowest BCUT2D eigenvalue weighted by Crippen LogP contribution is -2.41. The first-order valence-corrected chi connectivity index (χ1v) is 6.65. The zero-order chi connectivity index (χ0) is 13.5. The Balaban J connectivity index is 4.04. The predicted octanol–water partition coefficient (Wildman–Crippen LogP) is -2.38. The molecule has 10 heteroatoms. The van der Waals surface area contributed by atoms with E-state index in [-0.39, 0.29) is 5.96 Å². The average molecular weight is 267 g/mol. The molecule has 1 amide bonds. The van der Waals surface area contributed by atoms with Crippen LogP contribution in [0.5, 0.6) is 0 Å². The van der Waals surface area contributed by atoms with E-state index in [4.69, 9.17) is 27.0 Å². The van der Waals surface area contributed by atoms with Gasteiger partial charge in [0.25, 0.3) is 0 Å². The average Bonchev–Trinajstić information content (AvgIpc) is 2.13. The van der Waals surface area contributed by atoms with E-state index in [1.54, 1.807) is 0 Å². The summed E-state index contributed by atoms with van der Waals surface area (Å²) in [5.74, 6) is -0.730. The minimum atomic E-state index is -4.20. The second kappa shape index (κ2) is 7.23. The number of hydrogen-bond acceptors (Lipinski definition) is 4. The number of rotatable bonds is 8. The van der Waals surface area contributed by atoms with E-state index >= 15 is 0 Å². The summed E-state index contributed by atoms with van der Waals surface area (Å²) in [4.78, 5) is 31.9. The Morgan fingerprint density at radius 1 is 1.35 bits per heavy atom. The predicted molar refractivity (Wildman–Crippen MR) is 62.9 cm³/mol. The number of amides is 1. The monoisotopic (exact) mass is 267 g/mol. The molecule has 0 aromatic heterocycles. The van der Waals surface area contributed by atoms with Crippen LogP contribution in [-0.4, -0.2) is 40.5 Å². The van der Waals surface area contributed by atoms with Crippen LogP contribution < -0.4 is 22.5 Å². The second-order valence-corrected chi connectivity index (χ2v) is 5.08. The molecule has 0 aliphatic heterocycles. The molecular weight excluding hydrogens is 249 g/mol. The van der Waals surface area contributed by atoms with Crippen molar-refractivity contribution in [1.82, 2.24) is 5.32 Å². The molecule has 0 radical (unpaired) electrons. The van der Waals surface area contributed by atoms with Gasteiger partial charge in [-0.15, -0.1) is 0 Å². The molecule has 0 heterocycles. The number of carbonyl (C=O) groups excluding carboxylic acids is 1. The van der Waals surface area contributed by atoms with E-state index in [0.29, 0.717) is 19.4 Å². The minimum Gasteiger partial charge on any atom is -0.370 e. The summed E-state index contributed by atoms with van der Waals surface area (Å²) >= 11 is 0. The number of primary amides is 1. The van der Waals surface area contributed by atoms with Crippen LogP contribution in [0.2, 0.25) is 0 Å². The van der Waals surface area contributed by atoms with E-state index in [1.165, 1.54) is 0 Å². The second-order valence-electron chi connectivity index (χ2n) is 3.43. The normalized spacial score (nSPS) is 13.1. The van der Waals surface area contributed by atoms with E-state index < -0.39 is 25.8 Å². The molecule has 0 bridgehead atoms. The van der Waals surface area contributed by atoms with Gasteiger partial charge in [-0.25, -0.2) is 0 Å². The number of nitrogens with zero attached hydrogens (tertiary/aromatic N) is 1. The van der Waals surface area contributed by atoms with Crippen molar-refractivity contribution in [1.29, 1.82) is 0 Å². The van der Waals surface area contributed by atoms with Crippen LogP contribution >= 0.6 is 7.60 Å². The fourth-order valence-corrected chi connectivity index (χ4v) is 1.54. The fourth-order valence-electron chi connectivity index (χ4n) is 1.08. The molecule has 1 atom stereocenters. The van der Waals surface area contributed by atoms with Gasteiger partial charge in [0.1, 0.15) is 0 Å². The third kappa shape index (κ3) is 9.76. The van der Waals surface area contributed by atoms with Crippen molar-refractivity contribution in [3.8, 4) is 0 Å². The maximum atomic E-state index is 11.0. The van der Waals surface area contributed by atoms with Gasteiger partial charge in [-0.05, 0) is 12.8 Å². The van der Waals surface area contributed by atoms with Crippen LogP contribution in [0.25, 0.3) is 0 Å². The fraction of sp³-hybridized carbons (Fsp3) is 0.714. The molecule has 0 unspecified atom stereocenters. The summed E-state index contributed by atoms with van der Waals surface area (Å²) in [6.45, 7) is 0.323. The first-order valence-electron chi connectivity index (χ1n) is 4.85. The molecule has 0 saturated heterocycles. The summed E-state index contributed by atoms with van der Waals surface area (Å²) in [7, 11) is -4.20. The van der Waals surface area contributed by atoms with E-state index in [2.05, 4.69) is 10.3 Å². The van der Waals surface area contributed by atoms with Gasteiger partial charge in [-0.3, -0.25) is 19.7 Å². The topological polar surface area (TPSA) is 177 Å². The molecule has 0 aliphatic carbocycles. The van der Waals surface area contributed by atoms with Crippen molar-refractivity contribution in [2.75, 3.05) is 12.8 Å². The third-order valence-corrected chi connectivity index (χ3v) is 2.43. The van der Waals surface area contributed by atoms with E-state index in [0.717, 1.165) is 0 Å². The highest BCUT2D eigenvalue weighted by atomic mass is 31.2. The molecule has 0 saturated carbocycles. The standard InChI is InChI=1S/C7H18N5O4P/c8-6(13)5(12-4-17(14,15)16)2-1-3-11-7(9)10/h5,12H,1-4H2,(H2,8,13)(H4,9,10,11)(H2,14,15,16)/t5-/m0/s1. The summed E-state index contributed by atoms with van der Waals surface area (Å²) < 4.78 is 10.6. The van der Waals surface area contributed by atoms with E-state index in [9.17, 15) is 9.36 Å². The summed E-state index contributed by atoms with van der Waals surface area (Å²) in [5.41, 5.74) is 15.3. The van der Waals surface area contributed by atoms with Crippen molar-refractivity contribution < 1.29 is 19.1 Å². The Bertz CT molecular complexity index is 324. The zero-order valence-electron chi connectivity index (χ0n) is 9.24. The van der Waals surface area contributed by atoms with Crippen molar-refractivity contribution in [2.45, 2.75) is 18.9 Å². The molecule has 0 fully saturated rings. The third-order valence-electron chi connectivity index (χ3n) is 1.83. The largest absolute Gasteiger partial charge is 0.370 e. The first-order chi connectivity index (χ1) is 7.72. The summed E-state index contributed by atoms with van der Waals surface area (Å²) in [6, 6.07) is -0.808. The molecular formula is C7H18N5O4P. The smallest absolute Gasteiger partial charge is 0.339 e. The van der Waals surface area contributed by atoms with Crippen molar-refractivity contribution >= 4 is 19.5 Å². The molecule has 100 valence electrons. The Hall–Kier alpha value is -1.15. The highest BCUT2D eigenvalue weighted by Crippen LogP contribution is 2.32. The van der Waals surface area contributed by atoms with Gasteiger partial charge in [-0.1, -0.05) is 0 Å². The maximum absolute atomic E-state index is 11.0. The van der Waals surface area contributed by atoms with Gasteiger partial charge in [0.05, 0.1) is 12.3 Å². The van der Waals surface area contributed by atoms with Crippen LogP contribution in [0.15, 0.2) is 4.99 Å². The van der Waals surface area contributed by atoms with Crippen molar-refractivity contribution in [3.63, 3.8) is 0 Å². The minimum absolute atomic E-state index is 0.0520. The molecule has 9 N–H and O–H groups in total. The Morgan fingerprint density at radius 2 is 1.94 bits per heavy atom. The van der Waals surface area contributed by atoms with E-state index in [1.807, 2.05) is 0 Å². The zero-order valence-corrected chi connectivity index (χ0v) is 10.1. The molecule has 0 aromatic carbocycles. The van der Waals surface area contributed by atoms with Gasteiger partial charge in [-0.2, -0.15) is 0 Å². The number of nitrogens with one attached hydrogen (secondary N) is 1. The van der Waals surface area contributed by atoms with Crippen LogP contribution in [0.1, 0.15) is 12.8 Å². The van der Waals surface area contributed by atoms with Crippen molar-refractivity contribution in [2.24, 2.45) is 22.2 Å². The van der Waals surface area contributed by atoms with Gasteiger partial charge in [0.15, 0.2) is 5.96 Å². The Morgan fingerprint density at radius 3 is 2.35 bits per heavy atom. The molecule has 0 aliphatic rings. The van der Waals surface area contributed by atoms with Gasteiger partial charge >= 0.3 is 7.60 Å². The van der Waals surface area contributed by atoms with Crippen LogP contribution in [-0.2, 0) is 9.36 Å². The molecule has 0 rings (SSSR count). The van der Waals surface area contributed by atoms with Crippen LogP contribution in [0.3, 0.4) is 0 Å². The maximum Gasteiger partial charge on any atom is 0.339 e. The lowest BCUT2D eigenvalue weighted by molar-refractivity contribution is -0.120. The van der Waals surface area contributed by atoms with Gasteiger partial charge < -0.3 is 27.0 Å². The number of hydrogen-bond donors (Lipinski definition) is 6. The van der Waals surface area contributed by atoms with Gasteiger partial charge in [0.2, 0.25) is 5.91 Å². The summed E-state index contributed by atoms with van der Waals surface area (Å²) in [6.07, 6.45) is 0.175. The van der Waals surface area contributed by atoms with Crippen LogP contribution in [0, 0.1) is 0 Å². The lowest BCUT2D eigenvalue weighted by atomic mass is 10.1. The SMILES string of the molecule is NC(=O)[C@H](CCCN=C(N)N)NCP(=O)(O)O. The number of nitrogens with two attached hydrogens (primary N) is 3. The number of guanidine groups is 1. The quantitative estimate of drug-likeness (QED) is 0.123.